The Kier molecular flexibility index (Phi) is 8.28. The fraction of sp³-hybridized carbons (Fsp3) is 0.0400. The van der Waals surface area contributed by atoms with Crippen LogP contribution in [-0.4, -0.2) is 33.1 Å². The van der Waals surface area contributed by atoms with E-state index < -0.39 is 10.8 Å². The van der Waals surface area contributed by atoms with E-state index in [1.165, 1.54) is 25.3 Å². The molecular weight excluding hydrogens is 551 g/mol. The molecule has 0 aliphatic rings. The lowest BCUT2D eigenvalue weighted by Gasteiger charge is -2.09. The average Bonchev–Trinajstić information content (AvgIpc) is 3.36. The first-order valence-corrected chi connectivity index (χ1v) is 12.3. The number of nitrogens with zero attached hydrogens (tertiary/aromatic N) is 4. The Labute approximate surface area is 230 Å². The van der Waals surface area contributed by atoms with Crippen LogP contribution in [0.4, 0.5) is 11.4 Å². The number of nitro groups is 1. The van der Waals surface area contributed by atoms with Gasteiger partial charge < -0.3 is 10.1 Å². The van der Waals surface area contributed by atoms with Gasteiger partial charge in [0.15, 0.2) is 5.82 Å². The summed E-state index contributed by atoms with van der Waals surface area (Å²) in [7, 11) is 1.46. The average molecular weight is 567 g/mol. The Bertz CT molecular complexity index is 1620. The van der Waals surface area contributed by atoms with E-state index in [2.05, 4.69) is 20.5 Å². The Balaban J connectivity index is 1.57. The van der Waals surface area contributed by atoms with Crippen LogP contribution in [0.1, 0.15) is 5.56 Å². The fourth-order valence-electron chi connectivity index (χ4n) is 3.30. The van der Waals surface area contributed by atoms with Crippen LogP contribution in [0, 0.1) is 21.4 Å². The maximum absolute atomic E-state index is 12.7. The molecule has 0 saturated heterocycles. The highest BCUT2D eigenvalue weighted by Gasteiger charge is 2.19. The summed E-state index contributed by atoms with van der Waals surface area (Å²) < 4.78 is 5.20. The highest BCUT2D eigenvalue weighted by Crippen LogP contribution is 2.36. The van der Waals surface area contributed by atoms with E-state index in [1.54, 1.807) is 48.5 Å². The Morgan fingerprint density at radius 1 is 1.21 bits per heavy atom. The number of benzene rings is 3. The SMILES string of the molecule is COc1ccccc1NC(=O)/C(C#N)=C/c1ccc(Sc2n[nH]c(-c3ccc(Cl)cc3Cl)n2)c([N+](=O)[O-])c1. The quantitative estimate of drug-likeness (QED) is 0.108. The minimum Gasteiger partial charge on any atom is -0.495 e. The van der Waals surface area contributed by atoms with Crippen LogP contribution >= 0.6 is 35.0 Å². The summed E-state index contributed by atoms with van der Waals surface area (Å²) in [6.07, 6.45) is 1.26. The third-order valence-corrected chi connectivity index (χ3v) is 6.54. The summed E-state index contributed by atoms with van der Waals surface area (Å²) in [5, 5.41) is 31.9. The van der Waals surface area contributed by atoms with E-state index in [0.29, 0.717) is 32.9 Å². The number of methoxy groups -OCH3 is 1. The van der Waals surface area contributed by atoms with Crippen molar-refractivity contribution in [3.05, 3.63) is 92.0 Å². The van der Waals surface area contributed by atoms with Crippen LogP contribution < -0.4 is 10.1 Å². The molecule has 0 aliphatic heterocycles. The van der Waals surface area contributed by atoms with Crippen molar-refractivity contribution in [1.29, 1.82) is 5.26 Å². The number of nitriles is 1. The van der Waals surface area contributed by atoms with Crippen LogP contribution in [0.15, 0.2) is 76.3 Å². The summed E-state index contributed by atoms with van der Waals surface area (Å²) in [6.45, 7) is 0. The fourth-order valence-corrected chi connectivity index (χ4v) is 4.60. The minimum atomic E-state index is -0.688. The molecule has 0 aliphatic carbocycles. The predicted octanol–water partition coefficient (Wildman–Crippen LogP) is 6.39. The molecule has 0 fully saturated rings. The molecule has 4 aromatic rings. The number of nitro benzene ring substituents is 1. The number of rotatable bonds is 8. The second-order valence-corrected chi connectivity index (χ2v) is 9.35. The summed E-state index contributed by atoms with van der Waals surface area (Å²) >= 11 is 13.1. The highest BCUT2D eigenvalue weighted by molar-refractivity contribution is 7.99. The van der Waals surface area contributed by atoms with Crippen molar-refractivity contribution in [2.24, 2.45) is 0 Å². The van der Waals surface area contributed by atoms with Crippen molar-refractivity contribution in [2.75, 3.05) is 12.4 Å². The van der Waals surface area contributed by atoms with Gasteiger partial charge >= 0.3 is 0 Å². The summed E-state index contributed by atoms with van der Waals surface area (Å²) in [5.41, 5.74) is 0.744. The van der Waals surface area contributed by atoms with Gasteiger partial charge in [-0.3, -0.25) is 20.0 Å². The van der Waals surface area contributed by atoms with Crippen molar-refractivity contribution >= 4 is 58.3 Å². The Morgan fingerprint density at radius 2 is 2.00 bits per heavy atom. The summed E-state index contributed by atoms with van der Waals surface area (Å²) in [6, 6.07) is 17.8. The van der Waals surface area contributed by atoms with Gasteiger partial charge in [0, 0.05) is 16.7 Å². The van der Waals surface area contributed by atoms with Gasteiger partial charge in [-0.15, -0.1) is 5.10 Å². The molecule has 0 spiro atoms. The van der Waals surface area contributed by atoms with Crippen LogP contribution in [0.5, 0.6) is 5.75 Å². The topological polar surface area (TPSA) is 147 Å². The number of nitrogens with one attached hydrogen (secondary N) is 2. The van der Waals surface area contributed by atoms with E-state index in [4.69, 9.17) is 27.9 Å². The van der Waals surface area contributed by atoms with Crippen molar-refractivity contribution < 1.29 is 14.5 Å². The monoisotopic (exact) mass is 566 g/mol. The summed E-state index contributed by atoms with van der Waals surface area (Å²) in [5.74, 6) is 0.104. The highest BCUT2D eigenvalue weighted by atomic mass is 35.5. The molecule has 13 heteroatoms. The molecule has 2 N–H and O–H groups in total. The number of aromatic nitrogens is 3. The van der Waals surface area contributed by atoms with Crippen LogP contribution in [0.3, 0.4) is 0 Å². The molecule has 0 atom stereocenters. The van der Waals surface area contributed by atoms with Crippen molar-refractivity contribution in [3.8, 4) is 23.2 Å². The lowest BCUT2D eigenvalue weighted by atomic mass is 10.1. The van der Waals surface area contributed by atoms with E-state index in [1.807, 2.05) is 6.07 Å². The molecule has 3 aromatic carbocycles. The lowest BCUT2D eigenvalue weighted by Crippen LogP contribution is -2.14. The first kappa shape index (κ1) is 26.7. The molecule has 0 radical (unpaired) electrons. The number of aromatic amines is 1. The molecule has 0 bridgehead atoms. The zero-order valence-electron chi connectivity index (χ0n) is 19.4. The molecule has 38 heavy (non-hydrogen) atoms. The number of H-pyrrole nitrogens is 1. The number of anilines is 1. The van der Waals surface area contributed by atoms with Gasteiger partial charge in [-0.2, -0.15) is 5.26 Å². The molecule has 0 unspecified atom stereocenters. The number of halogens is 2. The molecule has 10 nitrogen and oxygen atoms in total. The smallest absolute Gasteiger partial charge is 0.283 e. The summed E-state index contributed by atoms with van der Waals surface area (Å²) in [4.78, 5) is 28.5. The van der Waals surface area contributed by atoms with Gasteiger partial charge in [0.25, 0.3) is 11.6 Å². The number of amides is 1. The first-order valence-electron chi connectivity index (χ1n) is 10.7. The molecule has 1 aromatic heterocycles. The van der Waals surface area contributed by atoms with Crippen molar-refractivity contribution in [1.82, 2.24) is 15.2 Å². The number of hydrogen-bond donors (Lipinski definition) is 2. The number of carbonyl (C=O) groups excluding carboxylic acids is 1. The number of hydrogen-bond acceptors (Lipinski definition) is 8. The number of para-hydroxylation sites is 2. The predicted molar refractivity (Wildman–Crippen MR) is 144 cm³/mol. The maximum atomic E-state index is 12.7. The van der Waals surface area contributed by atoms with Crippen molar-refractivity contribution in [2.45, 2.75) is 10.1 Å². The van der Waals surface area contributed by atoms with E-state index in [9.17, 15) is 20.2 Å². The second-order valence-electron chi connectivity index (χ2n) is 7.50. The minimum absolute atomic E-state index is 0.228. The second kappa shape index (κ2) is 11.8. The molecule has 190 valence electrons. The largest absolute Gasteiger partial charge is 0.495 e. The van der Waals surface area contributed by atoms with Crippen molar-refractivity contribution in [3.63, 3.8) is 0 Å². The van der Waals surface area contributed by atoms with Gasteiger partial charge in [-0.05, 0) is 59.8 Å². The Hall–Kier alpha value is -4.37. The Morgan fingerprint density at radius 3 is 2.71 bits per heavy atom. The van der Waals surface area contributed by atoms with Gasteiger partial charge in [0.1, 0.15) is 17.4 Å². The molecule has 1 amide bonds. The van der Waals surface area contributed by atoms with E-state index >= 15 is 0 Å². The van der Waals surface area contributed by atoms with E-state index in [-0.39, 0.29) is 26.9 Å². The molecule has 0 saturated carbocycles. The standard InChI is InChI=1S/C25H16Cl2N6O4S/c1-37-21-5-3-2-4-19(21)29-24(34)15(13-28)10-14-6-9-22(20(11-14)33(35)36)38-25-30-23(31-32-25)17-8-7-16(26)12-18(17)27/h2-12H,1H3,(H,29,34)(H,30,31,32)/b15-10+. The van der Waals surface area contributed by atoms with Crippen LogP contribution in [-0.2, 0) is 4.79 Å². The van der Waals surface area contributed by atoms with Crippen LogP contribution in [0.2, 0.25) is 10.0 Å². The normalized spacial score (nSPS) is 11.1. The maximum Gasteiger partial charge on any atom is 0.283 e. The molecular formula is C25H16Cl2N6O4S. The number of carbonyl (C=O) groups is 1. The van der Waals surface area contributed by atoms with Gasteiger partial charge in [0.05, 0.1) is 27.6 Å². The molecule has 4 rings (SSSR count). The third-order valence-electron chi connectivity index (χ3n) is 5.06. The number of ether oxygens (including phenoxy) is 1. The first-order chi connectivity index (χ1) is 18.3. The zero-order chi connectivity index (χ0) is 27.2. The van der Waals surface area contributed by atoms with Gasteiger partial charge in [-0.1, -0.05) is 41.4 Å². The molecule has 1 heterocycles. The van der Waals surface area contributed by atoms with Gasteiger partial charge in [-0.25, -0.2) is 4.98 Å². The van der Waals surface area contributed by atoms with Gasteiger partial charge in [0.2, 0.25) is 5.16 Å². The zero-order valence-corrected chi connectivity index (χ0v) is 21.8. The van der Waals surface area contributed by atoms with Crippen LogP contribution in [0.25, 0.3) is 17.5 Å². The lowest BCUT2D eigenvalue weighted by molar-refractivity contribution is -0.387. The van der Waals surface area contributed by atoms with E-state index in [0.717, 1.165) is 11.8 Å². The third kappa shape index (κ3) is 6.12.